The lowest BCUT2D eigenvalue weighted by molar-refractivity contribution is -0.0146. The third-order valence-corrected chi connectivity index (χ3v) is 5.23. The zero-order valence-electron chi connectivity index (χ0n) is 15.4. The second-order valence-electron chi connectivity index (χ2n) is 7.10. The summed E-state index contributed by atoms with van der Waals surface area (Å²) in [7, 11) is 0. The van der Waals surface area contributed by atoms with E-state index in [4.69, 9.17) is 10.5 Å². The third-order valence-electron chi connectivity index (χ3n) is 5.23. The Morgan fingerprint density at radius 2 is 2.00 bits per heavy atom. The van der Waals surface area contributed by atoms with E-state index < -0.39 is 0 Å². The van der Waals surface area contributed by atoms with Gasteiger partial charge in [0.1, 0.15) is 0 Å². The molecule has 2 heterocycles. The van der Waals surface area contributed by atoms with E-state index in [2.05, 4.69) is 34.9 Å². The van der Waals surface area contributed by atoms with Crippen molar-refractivity contribution in [1.29, 1.82) is 0 Å². The number of nitrogens with two attached hydrogens (primary N) is 1. The van der Waals surface area contributed by atoms with E-state index in [1.165, 1.54) is 11.1 Å². The minimum Gasteiger partial charge on any atom is -0.374 e. The molecule has 2 aromatic rings. The van der Waals surface area contributed by atoms with E-state index in [-0.39, 0.29) is 12.1 Å². The molecule has 0 radical (unpaired) electrons. The summed E-state index contributed by atoms with van der Waals surface area (Å²) >= 11 is 0. The molecule has 2 aliphatic heterocycles. The molecule has 0 aliphatic carbocycles. The lowest BCUT2D eigenvalue weighted by Crippen LogP contribution is -2.47. The Hall–Kier alpha value is -2.57. The number of urea groups is 1. The molecule has 4 rings (SSSR count). The number of anilines is 3. The highest BCUT2D eigenvalue weighted by atomic mass is 16.5. The summed E-state index contributed by atoms with van der Waals surface area (Å²) in [5.74, 6) is 0. The van der Waals surface area contributed by atoms with Gasteiger partial charge in [-0.2, -0.15) is 0 Å². The summed E-state index contributed by atoms with van der Waals surface area (Å²) in [5.41, 5.74) is 11.2. The molecule has 0 saturated carbocycles. The first-order valence-corrected chi connectivity index (χ1v) is 9.58. The number of nitrogens with one attached hydrogen (secondary N) is 2. The molecule has 142 valence electrons. The van der Waals surface area contributed by atoms with Crippen molar-refractivity contribution in [3.05, 3.63) is 53.6 Å². The normalized spacial score (nSPS) is 18.7. The number of benzene rings is 2. The molecule has 2 aliphatic rings. The maximum Gasteiger partial charge on any atom is 0.322 e. The van der Waals surface area contributed by atoms with Crippen LogP contribution >= 0.6 is 0 Å². The summed E-state index contributed by atoms with van der Waals surface area (Å²) in [6.07, 6.45) is 2.79. The zero-order valence-corrected chi connectivity index (χ0v) is 15.4. The summed E-state index contributed by atoms with van der Waals surface area (Å²) in [5, 5.41) is 6.55. The monoisotopic (exact) mass is 366 g/mol. The van der Waals surface area contributed by atoms with E-state index in [0.29, 0.717) is 26.2 Å². The van der Waals surface area contributed by atoms with Gasteiger partial charge in [0, 0.05) is 30.2 Å². The van der Waals surface area contributed by atoms with Crippen LogP contribution in [0.25, 0.3) is 0 Å². The molecule has 1 fully saturated rings. The largest absolute Gasteiger partial charge is 0.374 e. The summed E-state index contributed by atoms with van der Waals surface area (Å²) < 4.78 is 5.66. The van der Waals surface area contributed by atoms with E-state index in [0.717, 1.165) is 36.3 Å². The number of hydrogen-bond acceptors (Lipinski definition) is 4. The van der Waals surface area contributed by atoms with E-state index in [9.17, 15) is 4.79 Å². The number of hydrogen-bond donors (Lipinski definition) is 3. The van der Waals surface area contributed by atoms with Gasteiger partial charge in [-0.25, -0.2) is 4.79 Å². The van der Waals surface area contributed by atoms with E-state index in [1.54, 1.807) is 4.90 Å². The van der Waals surface area contributed by atoms with Gasteiger partial charge in [-0.1, -0.05) is 24.3 Å². The first kappa shape index (κ1) is 17.8. The lowest BCUT2D eigenvalue weighted by atomic mass is 10.0. The number of aryl methyl sites for hydroxylation is 2. The molecule has 1 saturated heterocycles. The molecule has 1 atom stereocenters. The van der Waals surface area contributed by atoms with Gasteiger partial charge in [0.05, 0.1) is 12.7 Å². The predicted molar refractivity (Wildman–Crippen MR) is 108 cm³/mol. The Kier molecular flexibility index (Phi) is 5.27. The fourth-order valence-electron chi connectivity index (χ4n) is 3.73. The topological polar surface area (TPSA) is 79.6 Å². The number of carbonyl (C=O) groups excluding carboxylic acids is 1. The van der Waals surface area contributed by atoms with Crippen LogP contribution in [0.1, 0.15) is 17.5 Å². The number of ether oxygens (including phenoxy) is 1. The van der Waals surface area contributed by atoms with E-state index >= 15 is 0 Å². The molecule has 0 spiro atoms. The minimum absolute atomic E-state index is 0.0275. The average Bonchev–Trinajstić information content (AvgIpc) is 2.87. The molecule has 27 heavy (non-hydrogen) atoms. The molecule has 4 N–H and O–H groups in total. The van der Waals surface area contributed by atoms with Crippen molar-refractivity contribution in [2.24, 2.45) is 5.73 Å². The van der Waals surface area contributed by atoms with Gasteiger partial charge in [0.15, 0.2) is 0 Å². The number of amides is 2. The number of fused-ring (bicyclic) bond motifs is 2. The van der Waals surface area contributed by atoms with Gasteiger partial charge in [-0.15, -0.1) is 0 Å². The lowest BCUT2D eigenvalue weighted by Gasteiger charge is -2.32. The molecule has 6 nitrogen and oxygen atoms in total. The van der Waals surface area contributed by atoms with Gasteiger partial charge < -0.3 is 26.0 Å². The van der Waals surface area contributed by atoms with Crippen molar-refractivity contribution in [2.75, 3.05) is 36.9 Å². The van der Waals surface area contributed by atoms with Crippen molar-refractivity contribution >= 4 is 23.1 Å². The van der Waals surface area contributed by atoms with Crippen molar-refractivity contribution in [1.82, 2.24) is 4.90 Å². The third kappa shape index (κ3) is 4.07. The summed E-state index contributed by atoms with van der Waals surface area (Å²) in [4.78, 5) is 14.5. The van der Waals surface area contributed by atoms with Crippen LogP contribution in [-0.4, -0.2) is 43.3 Å². The highest BCUT2D eigenvalue weighted by Gasteiger charge is 2.24. The Morgan fingerprint density at radius 3 is 2.85 bits per heavy atom. The van der Waals surface area contributed by atoms with Crippen molar-refractivity contribution in [3.63, 3.8) is 0 Å². The number of rotatable bonds is 3. The van der Waals surface area contributed by atoms with Crippen LogP contribution in [0.2, 0.25) is 0 Å². The van der Waals surface area contributed by atoms with Crippen LogP contribution in [0, 0.1) is 0 Å². The van der Waals surface area contributed by atoms with Gasteiger partial charge >= 0.3 is 6.03 Å². The van der Waals surface area contributed by atoms with Crippen LogP contribution in [0.3, 0.4) is 0 Å². The standard InChI is InChI=1S/C21H26N4O2/c22-10-9-18-14-25(11-12-27-18)21(26)23-17-8-7-16-6-5-15-3-1-2-4-19(15)24-20(16)13-17/h1-4,7-8,13,18,24H,5-6,9-12,14,22H2,(H,23,26)/t18-/m0/s1. The maximum absolute atomic E-state index is 12.7. The smallest absolute Gasteiger partial charge is 0.322 e. The molecule has 0 aromatic heterocycles. The molecule has 2 amide bonds. The Balaban J connectivity index is 1.46. The molecule has 0 bridgehead atoms. The quantitative estimate of drug-likeness (QED) is 0.780. The first-order chi connectivity index (χ1) is 13.2. The zero-order chi connectivity index (χ0) is 18.6. The SMILES string of the molecule is NCC[C@H]1CN(C(=O)Nc2ccc3c(c2)Nc2ccccc2CC3)CCO1. The molecule has 0 unspecified atom stereocenters. The number of para-hydroxylation sites is 1. The maximum atomic E-state index is 12.7. The van der Waals surface area contributed by atoms with Crippen LogP contribution < -0.4 is 16.4 Å². The van der Waals surface area contributed by atoms with Crippen molar-refractivity contribution < 1.29 is 9.53 Å². The van der Waals surface area contributed by atoms with Gasteiger partial charge in [-0.05, 0) is 55.1 Å². The summed E-state index contributed by atoms with van der Waals surface area (Å²) in [6.45, 7) is 2.31. The fourth-order valence-corrected chi connectivity index (χ4v) is 3.73. The van der Waals surface area contributed by atoms with Crippen molar-refractivity contribution in [2.45, 2.75) is 25.4 Å². The van der Waals surface area contributed by atoms with E-state index in [1.807, 2.05) is 18.2 Å². The Morgan fingerprint density at radius 1 is 1.19 bits per heavy atom. The molecular weight excluding hydrogens is 340 g/mol. The highest BCUT2D eigenvalue weighted by Crippen LogP contribution is 2.31. The predicted octanol–water partition coefficient (Wildman–Crippen LogP) is 3.11. The highest BCUT2D eigenvalue weighted by molar-refractivity contribution is 5.90. The number of carbonyl (C=O) groups is 1. The second kappa shape index (κ2) is 7.98. The average molecular weight is 366 g/mol. The molecular formula is C21H26N4O2. The fraction of sp³-hybridized carbons (Fsp3) is 0.381. The molecule has 2 aromatic carbocycles. The second-order valence-corrected chi connectivity index (χ2v) is 7.10. The van der Waals surface area contributed by atoms with Crippen molar-refractivity contribution in [3.8, 4) is 0 Å². The Bertz CT molecular complexity index is 822. The molecule has 6 heteroatoms. The minimum atomic E-state index is -0.0886. The first-order valence-electron chi connectivity index (χ1n) is 9.58. The summed E-state index contributed by atoms with van der Waals surface area (Å²) in [6, 6.07) is 14.4. The number of morpholine rings is 1. The Labute approximate surface area is 159 Å². The number of nitrogens with zero attached hydrogens (tertiary/aromatic N) is 1. The van der Waals surface area contributed by atoms with Crippen LogP contribution in [-0.2, 0) is 17.6 Å². The van der Waals surface area contributed by atoms with Gasteiger partial charge in [0.25, 0.3) is 0 Å². The van der Waals surface area contributed by atoms with Gasteiger partial charge in [-0.3, -0.25) is 0 Å². The van der Waals surface area contributed by atoms with Crippen LogP contribution in [0.4, 0.5) is 21.9 Å². The van der Waals surface area contributed by atoms with Crippen LogP contribution in [0.5, 0.6) is 0 Å². The van der Waals surface area contributed by atoms with Crippen LogP contribution in [0.15, 0.2) is 42.5 Å². The van der Waals surface area contributed by atoms with Gasteiger partial charge in [0.2, 0.25) is 0 Å².